The molecule has 0 spiro atoms. The number of carbonyl (C=O) groups excluding carboxylic acids is 1. The third-order valence-corrected chi connectivity index (χ3v) is 4.33. The summed E-state index contributed by atoms with van der Waals surface area (Å²) in [4.78, 5) is 21.6. The normalized spacial score (nSPS) is 10.9. The fraction of sp³-hybridized carbons (Fsp3) is 0.133. The Hall–Kier alpha value is -2.94. The van der Waals surface area contributed by atoms with Crippen LogP contribution in [0, 0.1) is 17.0 Å². The van der Waals surface area contributed by atoms with Gasteiger partial charge in [-0.15, -0.1) is 0 Å². The number of hydrogen-bond donors (Lipinski definition) is 0. The molecule has 0 aliphatic carbocycles. The van der Waals surface area contributed by atoms with Gasteiger partial charge in [0.25, 0.3) is 0 Å². The number of benzene rings is 2. The Labute approximate surface area is 137 Å². The SMILES string of the molecule is COC(=O)c1ccc(OS(=O)(=O)c2ccc(C)cc2)c([N+](=O)[O-])c1. The Bertz CT molecular complexity index is 889. The molecule has 126 valence electrons. The summed E-state index contributed by atoms with van der Waals surface area (Å²) < 4.78 is 33.8. The van der Waals surface area contributed by atoms with Crippen molar-refractivity contribution in [3.63, 3.8) is 0 Å². The van der Waals surface area contributed by atoms with Crippen LogP contribution in [0.3, 0.4) is 0 Å². The largest absolute Gasteiger partial charge is 0.465 e. The number of hydrogen-bond acceptors (Lipinski definition) is 7. The predicted octanol–water partition coefficient (Wildman–Crippen LogP) is 2.46. The van der Waals surface area contributed by atoms with Crippen molar-refractivity contribution in [1.82, 2.24) is 0 Å². The molecule has 0 radical (unpaired) electrons. The number of aryl methyl sites for hydroxylation is 1. The molecule has 0 unspecified atom stereocenters. The van der Waals surface area contributed by atoms with Crippen molar-refractivity contribution in [2.24, 2.45) is 0 Å². The molecule has 0 fully saturated rings. The predicted molar refractivity (Wildman–Crippen MR) is 83.4 cm³/mol. The first-order chi connectivity index (χ1) is 11.2. The molecule has 0 aliphatic rings. The van der Waals surface area contributed by atoms with E-state index in [0.717, 1.165) is 24.8 Å². The van der Waals surface area contributed by atoms with Gasteiger partial charge < -0.3 is 8.92 Å². The van der Waals surface area contributed by atoms with Crippen molar-refractivity contribution in [3.8, 4) is 5.75 Å². The summed E-state index contributed by atoms with van der Waals surface area (Å²) in [6.07, 6.45) is 0. The number of methoxy groups -OCH3 is 1. The zero-order valence-corrected chi connectivity index (χ0v) is 13.6. The lowest BCUT2D eigenvalue weighted by Gasteiger charge is -2.08. The molecule has 0 amide bonds. The highest BCUT2D eigenvalue weighted by Gasteiger charge is 2.25. The van der Waals surface area contributed by atoms with Crippen LogP contribution in [0.25, 0.3) is 0 Å². The van der Waals surface area contributed by atoms with Crippen LogP contribution in [0.2, 0.25) is 0 Å². The first-order valence-electron chi connectivity index (χ1n) is 6.62. The average Bonchev–Trinajstić information content (AvgIpc) is 2.54. The van der Waals surface area contributed by atoms with Gasteiger partial charge in [-0.05, 0) is 31.2 Å². The van der Waals surface area contributed by atoms with Gasteiger partial charge in [-0.3, -0.25) is 10.1 Å². The monoisotopic (exact) mass is 351 g/mol. The summed E-state index contributed by atoms with van der Waals surface area (Å²) in [5.41, 5.74) is 0.0974. The number of nitrogens with zero attached hydrogens (tertiary/aromatic N) is 1. The van der Waals surface area contributed by atoms with Gasteiger partial charge in [-0.2, -0.15) is 8.42 Å². The highest BCUT2D eigenvalue weighted by atomic mass is 32.2. The van der Waals surface area contributed by atoms with E-state index in [4.69, 9.17) is 4.18 Å². The second-order valence-corrected chi connectivity index (χ2v) is 6.33. The molecule has 2 aromatic rings. The highest BCUT2D eigenvalue weighted by Crippen LogP contribution is 2.31. The molecule has 0 saturated carbocycles. The van der Waals surface area contributed by atoms with Gasteiger partial charge in [0.15, 0.2) is 0 Å². The molecule has 9 heteroatoms. The average molecular weight is 351 g/mol. The van der Waals surface area contributed by atoms with E-state index in [9.17, 15) is 23.3 Å². The summed E-state index contributed by atoms with van der Waals surface area (Å²) in [6.45, 7) is 1.79. The molecule has 0 heterocycles. The van der Waals surface area contributed by atoms with Crippen LogP contribution < -0.4 is 4.18 Å². The molecular formula is C15H13NO7S. The zero-order valence-electron chi connectivity index (χ0n) is 12.8. The summed E-state index contributed by atoms with van der Waals surface area (Å²) in [5, 5.41) is 11.1. The number of rotatable bonds is 5. The van der Waals surface area contributed by atoms with Crippen LogP contribution >= 0.6 is 0 Å². The minimum Gasteiger partial charge on any atom is -0.465 e. The van der Waals surface area contributed by atoms with Crippen LogP contribution in [0.4, 0.5) is 5.69 Å². The van der Waals surface area contributed by atoms with Crippen LogP contribution in [0.1, 0.15) is 15.9 Å². The minimum absolute atomic E-state index is 0.0933. The van der Waals surface area contributed by atoms with Gasteiger partial charge in [0.2, 0.25) is 5.75 Å². The molecule has 8 nitrogen and oxygen atoms in total. The van der Waals surface area contributed by atoms with Crippen molar-refractivity contribution in [2.75, 3.05) is 7.11 Å². The fourth-order valence-corrected chi connectivity index (χ4v) is 2.79. The molecule has 24 heavy (non-hydrogen) atoms. The van der Waals surface area contributed by atoms with Crippen LogP contribution in [0.5, 0.6) is 5.75 Å². The highest BCUT2D eigenvalue weighted by molar-refractivity contribution is 7.87. The minimum atomic E-state index is -4.25. The Kier molecular flexibility index (Phi) is 4.84. The summed E-state index contributed by atoms with van der Waals surface area (Å²) in [6, 6.07) is 8.93. The maximum Gasteiger partial charge on any atom is 0.339 e. The molecule has 0 aromatic heterocycles. The van der Waals surface area contributed by atoms with Crippen molar-refractivity contribution < 1.29 is 27.1 Å². The molecule has 2 rings (SSSR count). The Morgan fingerprint density at radius 1 is 1.12 bits per heavy atom. The topological polar surface area (TPSA) is 113 Å². The third-order valence-electron chi connectivity index (χ3n) is 3.09. The second-order valence-electron chi connectivity index (χ2n) is 4.78. The molecule has 2 aromatic carbocycles. The third kappa shape index (κ3) is 3.69. The number of nitro benzene ring substituents is 1. The van der Waals surface area contributed by atoms with E-state index in [0.29, 0.717) is 0 Å². The van der Waals surface area contributed by atoms with Crippen molar-refractivity contribution in [1.29, 1.82) is 0 Å². The van der Waals surface area contributed by atoms with E-state index in [2.05, 4.69) is 4.74 Å². The molecule has 0 bridgehead atoms. The number of ether oxygens (including phenoxy) is 1. The summed E-state index contributed by atoms with van der Waals surface area (Å²) >= 11 is 0. The van der Waals surface area contributed by atoms with Crippen LogP contribution in [-0.2, 0) is 14.9 Å². The quantitative estimate of drug-likeness (QED) is 0.352. The standard InChI is InChI=1S/C15H13NO7S/c1-10-3-6-12(7-4-10)24(20,21)23-14-8-5-11(15(17)22-2)9-13(14)16(18)19/h3-9H,1-2H3. The summed E-state index contributed by atoms with van der Waals surface area (Å²) in [5.74, 6) is -1.28. The molecule has 0 aliphatic heterocycles. The van der Waals surface area contributed by atoms with E-state index < -0.39 is 32.4 Å². The Morgan fingerprint density at radius 3 is 2.29 bits per heavy atom. The van der Waals surface area contributed by atoms with E-state index >= 15 is 0 Å². The first-order valence-corrected chi connectivity index (χ1v) is 8.03. The first kappa shape index (κ1) is 17.4. The lowest BCUT2D eigenvalue weighted by molar-refractivity contribution is -0.385. The van der Waals surface area contributed by atoms with E-state index in [1.54, 1.807) is 19.1 Å². The van der Waals surface area contributed by atoms with Crippen molar-refractivity contribution >= 4 is 21.8 Å². The van der Waals surface area contributed by atoms with Crippen molar-refractivity contribution in [3.05, 3.63) is 63.7 Å². The molecule has 0 atom stereocenters. The Balaban J connectivity index is 2.43. The maximum absolute atomic E-state index is 12.2. The van der Waals surface area contributed by atoms with Gasteiger partial charge in [0.1, 0.15) is 4.90 Å². The summed E-state index contributed by atoms with van der Waals surface area (Å²) in [7, 11) is -3.12. The number of nitro groups is 1. The second kappa shape index (κ2) is 6.67. The lowest BCUT2D eigenvalue weighted by atomic mass is 10.2. The van der Waals surface area contributed by atoms with Crippen molar-refractivity contribution in [2.45, 2.75) is 11.8 Å². The lowest BCUT2D eigenvalue weighted by Crippen LogP contribution is -2.11. The van der Waals surface area contributed by atoms with Gasteiger partial charge in [-0.1, -0.05) is 17.7 Å². The van der Waals surface area contributed by atoms with Crippen LogP contribution in [-0.4, -0.2) is 26.4 Å². The van der Waals surface area contributed by atoms with Gasteiger partial charge in [-0.25, -0.2) is 4.79 Å². The number of carbonyl (C=O) groups is 1. The molecular weight excluding hydrogens is 338 g/mol. The van der Waals surface area contributed by atoms with E-state index in [-0.39, 0.29) is 10.5 Å². The maximum atomic E-state index is 12.2. The van der Waals surface area contributed by atoms with Gasteiger partial charge >= 0.3 is 21.8 Å². The smallest absolute Gasteiger partial charge is 0.339 e. The van der Waals surface area contributed by atoms with E-state index in [1.165, 1.54) is 18.2 Å². The zero-order chi connectivity index (χ0) is 17.9. The van der Waals surface area contributed by atoms with Gasteiger partial charge in [0.05, 0.1) is 17.6 Å². The Morgan fingerprint density at radius 2 is 1.75 bits per heavy atom. The molecule has 0 saturated heterocycles. The number of esters is 1. The molecule has 0 N–H and O–H groups in total. The van der Waals surface area contributed by atoms with Crippen LogP contribution in [0.15, 0.2) is 47.4 Å². The fourth-order valence-electron chi connectivity index (χ4n) is 1.85. The van der Waals surface area contributed by atoms with Gasteiger partial charge in [0, 0.05) is 6.07 Å². The van der Waals surface area contributed by atoms with E-state index in [1.807, 2.05) is 0 Å².